The Kier molecular flexibility index (Phi) is 6.47. The van der Waals surface area contributed by atoms with E-state index in [1.54, 1.807) is 10.8 Å². The molecule has 0 saturated carbocycles. The fourth-order valence-corrected chi connectivity index (χ4v) is 4.62. The number of nitrogens with one attached hydrogen (secondary N) is 1. The summed E-state index contributed by atoms with van der Waals surface area (Å²) >= 11 is 0. The van der Waals surface area contributed by atoms with Gasteiger partial charge < -0.3 is 19.8 Å². The molecule has 4 aromatic rings. The highest BCUT2D eigenvalue weighted by Gasteiger charge is 2.22. The number of benzene rings is 1. The normalized spacial score (nSPS) is 13.2. The minimum atomic E-state index is -4.24. The quantitative estimate of drug-likeness (QED) is 0.221. The summed E-state index contributed by atoms with van der Waals surface area (Å²) in [4.78, 5) is 23.7. The second-order valence-corrected chi connectivity index (χ2v) is 9.95. The largest absolute Gasteiger partial charge is 0.486 e. The molecular formula is C22H23FN8O5S. The Balaban J connectivity index is 1.52. The number of nitrogens with zero attached hydrogens (tertiary/aromatic N) is 5. The number of aromatic nitrogens is 6. The van der Waals surface area contributed by atoms with Gasteiger partial charge in [-0.05, 0) is 36.6 Å². The number of sulfonamides is 1. The van der Waals surface area contributed by atoms with Crippen molar-refractivity contribution in [2.75, 3.05) is 18.9 Å². The van der Waals surface area contributed by atoms with Gasteiger partial charge >= 0.3 is 6.08 Å². The SMILES string of the molecule is Nc1nc(F)nc2c1nc(Cc1cc3c(cc1-c1ccn[nH]1)OCCO3)n2CCCCC(=O)S(N)(=O)=O. The number of aryl methyl sites for hydroxylation is 1. The second-order valence-electron chi connectivity index (χ2n) is 8.40. The third kappa shape index (κ3) is 5.08. The molecule has 0 saturated heterocycles. The van der Waals surface area contributed by atoms with E-state index in [1.807, 2.05) is 18.2 Å². The van der Waals surface area contributed by atoms with Crippen LogP contribution < -0.4 is 20.3 Å². The van der Waals surface area contributed by atoms with Gasteiger partial charge in [0.2, 0.25) is 0 Å². The number of fused-ring (bicyclic) bond motifs is 2. The van der Waals surface area contributed by atoms with Gasteiger partial charge in [-0.1, -0.05) is 0 Å². The third-order valence-corrected chi connectivity index (χ3v) is 6.75. The first-order valence-corrected chi connectivity index (χ1v) is 12.9. The Morgan fingerprint density at radius 1 is 1.14 bits per heavy atom. The van der Waals surface area contributed by atoms with Crippen molar-refractivity contribution in [1.82, 2.24) is 29.7 Å². The van der Waals surface area contributed by atoms with E-state index < -0.39 is 21.2 Å². The molecule has 37 heavy (non-hydrogen) atoms. The number of halogens is 1. The highest BCUT2D eigenvalue weighted by Crippen LogP contribution is 2.38. The third-order valence-electron chi connectivity index (χ3n) is 5.91. The molecule has 0 radical (unpaired) electrons. The summed E-state index contributed by atoms with van der Waals surface area (Å²) in [5.41, 5.74) is 8.74. The van der Waals surface area contributed by atoms with E-state index in [4.69, 9.17) is 20.3 Å². The molecule has 194 valence electrons. The first kappa shape index (κ1) is 24.6. The lowest BCUT2D eigenvalue weighted by molar-refractivity contribution is -0.111. The van der Waals surface area contributed by atoms with E-state index in [1.165, 1.54) is 0 Å². The number of H-pyrrole nitrogens is 1. The van der Waals surface area contributed by atoms with Crippen molar-refractivity contribution in [3.8, 4) is 22.8 Å². The summed E-state index contributed by atoms with van der Waals surface area (Å²) in [5, 5.41) is 10.8. The Morgan fingerprint density at radius 3 is 2.59 bits per heavy atom. The lowest BCUT2D eigenvalue weighted by atomic mass is 10.00. The summed E-state index contributed by atoms with van der Waals surface area (Å²) in [7, 11) is -4.24. The molecule has 0 atom stereocenters. The summed E-state index contributed by atoms with van der Waals surface area (Å²) in [6.07, 6.45) is 1.28. The lowest BCUT2D eigenvalue weighted by Crippen LogP contribution is -2.23. The van der Waals surface area contributed by atoms with Crippen molar-refractivity contribution < 1.29 is 27.1 Å². The number of rotatable bonds is 8. The van der Waals surface area contributed by atoms with Gasteiger partial charge in [0.1, 0.15) is 19.0 Å². The maximum absolute atomic E-state index is 14.1. The fraction of sp³-hybridized carbons (Fsp3) is 0.318. The van der Waals surface area contributed by atoms with Crippen LogP contribution in [0.1, 0.15) is 30.7 Å². The van der Waals surface area contributed by atoms with Crippen molar-refractivity contribution in [2.45, 2.75) is 32.2 Å². The van der Waals surface area contributed by atoms with E-state index in [0.717, 1.165) is 16.8 Å². The number of anilines is 1. The minimum Gasteiger partial charge on any atom is -0.486 e. The van der Waals surface area contributed by atoms with E-state index in [9.17, 15) is 17.6 Å². The van der Waals surface area contributed by atoms with Crippen LogP contribution >= 0.6 is 0 Å². The number of carbonyl (C=O) groups excluding carboxylic acids is 1. The molecule has 1 aromatic carbocycles. The number of carbonyl (C=O) groups is 1. The van der Waals surface area contributed by atoms with E-state index >= 15 is 0 Å². The number of imidazole rings is 1. The molecular weight excluding hydrogens is 507 g/mol. The molecule has 3 aromatic heterocycles. The van der Waals surface area contributed by atoms with Gasteiger partial charge in [-0.15, -0.1) is 0 Å². The van der Waals surface area contributed by atoms with Gasteiger partial charge in [-0.3, -0.25) is 9.89 Å². The molecule has 13 nitrogen and oxygen atoms in total. The number of unbranched alkanes of at least 4 members (excludes halogenated alkanes) is 1. The number of nitrogens with two attached hydrogens (primary N) is 2. The van der Waals surface area contributed by atoms with Crippen molar-refractivity contribution in [3.63, 3.8) is 0 Å². The minimum absolute atomic E-state index is 0.108. The van der Waals surface area contributed by atoms with Crippen molar-refractivity contribution in [3.05, 3.63) is 41.9 Å². The number of hydrogen-bond donors (Lipinski definition) is 3. The Morgan fingerprint density at radius 2 is 1.89 bits per heavy atom. The molecule has 0 spiro atoms. The van der Waals surface area contributed by atoms with Crippen LogP contribution in [0.5, 0.6) is 11.5 Å². The van der Waals surface area contributed by atoms with Gasteiger partial charge in [0, 0.05) is 31.1 Å². The topological polar surface area (TPSA) is 194 Å². The van der Waals surface area contributed by atoms with Crippen LogP contribution in [0.3, 0.4) is 0 Å². The van der Waals surface area contributed by atoms with E-state index in [0.29, 0.717) is 37.0 Å². The smallest absolute Gasteiger partial charge is 0.312 e. The molecule has 0 fully saturated rings. The standard InChI is InChI=1S/C22H23FN8O5S/c23-22-28-20(24)19-21(29-22)31(6-2-1-3-18(32)37(25,33)34)17(27-19)10-12-9-15-16(36-8-7-35-15)11-13(12)14-4-5-26-30-14/h4-5,9,11H,1-3,6-8,10H2,(H,26,30)(H2,24,28,29)(H2,25,33,34). The molecule has 0 amide bonds. The Labute approximate surface area is 210 Å². The van der Waals surface area contributed by atoms with Crippen LogP contribution in [0.15, 0.2) is 24.4 Å². The molecule has 0 bridgehead atoms. The number of hydrogen-bond acceptors (Lipinski definition) is 10. The van der Waals surface area contributed by atoms with Crippen molar-refractivity contribution in [1.29, 1.82) is 0 Å². The Bertz CT molecular complexity index is 1590. The zero-order valence-electron chi connectivity index (χ0n) is 19.5. The van der Waals surface area contributed by atoms with E-state index in [2.05, 4.69) is 25.1 Å². The van der Waals surface area contributed by atoms with Crippen molar-refractivity contribution >= 4 is 32.1 Å². The van der Waals surface area contributed by atoms with Gasteiger partial charge in [-0.2, -0.15) is 19.5 Å². The molecule has 1 aliphatic heterocycles. The van der Waals surface area contributed by atoms with Gasteiger partial charge in [0.15, 0.2) is 28.5 Å². The van der Waals surface area contributed by atoms with E-state index in [-0.39, 0.29) is 42.8 Å². The number of primary sulfonamides is 1. The summed E-state index contributed by atoms with van der Waals surface area (Å²) < 4.78 is 49.7. The fourth-order valence-electron chi connectivity index (χ4n) is 4.19. The second kappa shape index (κ2) is 9.74. The molecule has 4 heterocycles. The van der Waals surface area contributed by atoms with Crippen LogP contribution in [0.4, 0.5) is 10.2 Å². The highest BCUT2D eigenvalue weighted by atomic mass is 32.2. The number of ether oxygens (including phenoxy) is 2. The van der Waals surface area contributed by atoms with Crippen LogP contribution in [0.2, 0.25) is 0 Å². The molecule has 5 N–H and O–H groups in total. The maximum Gasteiger partial charge on any atom is 0.312 e. The summed E-state index contributed by atoms with van der Waals surface area (Å²) in [5.74, 6) is 1.59. The van der Waals surface area contributed by atoms with Crippen LogP contribution in [0, 0.1) is 6.08 Å². The molecule has 0 aliphatic carbocycles. The zero-order chi connectivity index (χ0) is 26.2. The zero-order valence-corrected chi connectivity index (χ0v) is 20.3. The van der Waals surface area contributed by atoms with Crippen LogP contribution in [-0.2, 0) is 27.8 Å². The molecule has 15 heteroatoms. The average Bonchev–Trinajstić information content (AvgIpc) is 3.50. The Hall–Kier alpha value is -4.11. The van der Waals surface area contributed by atoms with Gasteiger partial charge in [0.25, 0.3) is 15.1 Å². The first-order chi connectivity index (χ1) is 17.7. The maximum atomic E-state index is 14.1. The molecule has 1 aliphatic rings. The lowest BCUT2D eigenvalue weighted by Gasteiger charge is -2.21. The highest BCUT2D eigenvalue weighted by molar-refractivity contribution is 8.04. The molecule has 5 rings (SSSR count). The van der Waals surface area contributed by atoms with Crippen LogP contribution in [0.25, 0.3) is 22.4 Å². The average molecular weight is 531 g/mol. The predicted octanol–water partition coefficient (Wildman–Crippen LogP) is 1.29. The van der Waals surface area contributed by atoms with Crippen molar-refractivity contribution in [2.24, 2.45) is 5.14 Å². The summed E-state index contributed by atoms with van der Waals surface area (Å²) in [6, 6.07) is 5.53. The monoisotopic (exact) mass is 530 g/mol. The predicted molar refractivity (Wildman–Crippen MR) is 129 cm³/mol. The van der Waals surface area contributed by atoms with Gasteiger partial charge in [-0.25, -0.2) is 18.5 Å². The number of nitrogen functional groups attached to an aromatic ring is 1. The first-order valence-electron chi connectivity index (χ1n) is 11.4. The van der Waals surface area contributed by atoms with Crippen LogP contribution in [-0.4, -0.2) is 56.5 Å². The van der Waals surface area contributed by atoms with Gasteiger partial charge in [0.05, 0.1) is 5.69 Å². The molecule has 0 unspecified atom stereocenters. The summed E-state index contributed by atoms with van der Waals surface area (Å²) in [6.45, 7) is 1.11. The number of aromatic amines is 1.